The van der Waals surface area contributed by atoms with Gasteiger partial charge in [0.2, 0.25) is 33.5 Å². The number of amides is 4. The first-order valence-electron chi connectivity index (χ1n) is 19.0. The van der Waals surface area contributed by atoms with Gasteiger partial charge < -0.3 is 14.8 Å². The molecule has 1 saturated heterocycles. The number of rotatable bonds is 16. The lowest BCUT2D eigenvalue weighted by molar-refractivity contribution is -0.136. The number of sulfonamides is 1. The second-order valence-corrected chi connectivity index (χ2v) is 17.0. The van der Waals surface area contributed by atoms with Crippen molar-refractivity contribution in [2.75, 3.05) is 22.9 Å². The first kappa shape index (κ1) is 42.2. The summed E-state index contributed by atoms with van der Waals surface area (Å²) >= 11 is 6.73. The predicted octanol–water partition coefficient (Wildman–Crippen LogP) is 5.03. The molecule has 0 saturated carbocycles. The van der Waals surface area contributed by atoms with Crippen molar-refractivity contribution in [1.29, 1.82) is 0 Å². The molecule has 2 aliphatic rings. The molecule has 18 nitrogen and oxygen atoms in total. The Bertz CT molecular complexity index is 2700. The monoisotopic (exact) mass is 866 g/mol. The molecule has 0 bridgehead atoms. The van der Waals surface area contributed by atoms with E-state index in [1.54, 1.807) is 41.2 Å². The number of imide groups is 2. The Morgan fingerprint density at radius 2 is 1.80 bits per heavy atom. The summed E-state index contributed by atoms with van der Waals surface area (Å²) in [6.45, 7) is 12.9. The molecule has 0 spiro atoms. The van der Waals surface area contributed by atoms with E-state index < -0.39 is 45.1 Å². The van der Waals surface area contributed by atoms with E-state index in [9.17, 15) is 27.6 Å². The topological polar surface area (TPSA) is 221 Å². The molecule has 1 atom stereocenters. The third-order valence-electron chi connectivity index (χ3n) is 10.1. The van der Waals surface area contributed by atoms with Crippen LogP contribution in [0, 0.1) is 6.57 Å². The van der Waals surface area contributed by atoms with Crippen LogP contribution in [0.25, 0.3) is 4.85 Å². The molecule has 3 aromatic carbocycles. The molecule has 4 amide bonds. The Balaban J connectivity index is 0.914. The minimum absolute atomic E-state index is 0.0305. The van der Waals surface area contributed by atoms with Crippen molar-refractivity contribution in [3.63, 3.8) is 0 Å². The number of aryl methyl sites for hydroxylation is 1. The van der Waals surface area contributed by atoms with Gasteiger partial charge in [0.1, 0.15) is 29.8 Å². The van der Waals surface area contributed by atoms with Gasteiger partial charge in [-0.1, -0.05) is 48.9 Å². The average molecular weight is 867 g/mol. The molecule has 4 heterocycles. The van der Waals surface area contributed by atoms with Crippen LogP contribution in [0.3, 0.4) is 0 Å². The van der Waals surface area contributed by atoms with Gasteiger partial charge in [-0.3, -0.25) is 38.8 Å². The number of carbonyl (C=O) groups excluding carboxylic acids is 4. The Morgan fingerprint density at radius 1 is 1.02 bits per heavy atom. The number of anilines is 2. The summed E-state index contributed by atoms with van der Waals surface area (Å²) in [5.41, 5.74) is 3.24. The van der Waals surface area contributed by atoms with Crippen LogP contribution in [-0.4, -0.2) is 80.8 Å². The standard InChI is InChI=1S/C41H39ClN10O8S/c1-41(2,24-9-11-28(12-10-24)60-23-26-15-16-44-40(46-26)49-61(4,57)58)25-19-30(42)36(32(20-25)43-3)59-18-6-17-51-22-27(48-50-51)21-45-31-8-5-7-29-35(31)39(56)52(38(29)55)33-13-14-34(53)47-37(33)54/h5,7-12,15-16,19-20,22,33,45H,6,13-14,17-18,21,23H2,1-2,4H3,(H,44,46,49)(H,47,53,54). The van der Waals surface area contributed by atoms with E-state index in [0.717, 1.165) is 22.3 Å². The fourth-order valence-electron chi connectivity index (χ4n) is 6.93. The second-order valence-electron chi connectivity index (χ2n) is 14.8. The Labute approximate surface area is 355 Å². The normalized spacial score (nSPS) is 15.3. The van der Waals surface area contributed by atoms with E-state index in [0.29, 0.717) is 40.8 Å². The maximum Gasteiger partial charge on any atom is 0.264 e. The highest BCUT2D eigenvalue weighted by atomic mass is 35.5. The van der Waals surface area contributed by atoms with Gasteiger partial charge in [-0.2, -0.15) is 0 Å². The third-order valence-corrected chi connectivity index (χ3v) is 10.9. The summed E-state index contributed by atoms with van der Waals surface area (Å²) in [6.07, 6.45) is 4.81. The quantitative estimate of drug-likeness (QED) is 0.0674. The van der Waals surface area contributed by atoms with E-state index in [-0.39, 0.29) is 61.1 Å². The van der Waals surface area contributed by atoms with Crippen molar-refractivity contribution in [2.24, 2.45) is 0 Å². The van der Waals surface area contributed by atoms with Crippen LogP contribution in [0.1, 0.15) is 76.3 Å². The number of hydrogen-bond donors (Lipinski definition) is 3. The van der Waals surface area contributed by atoms with E-state index >= 15 is 0 Å². The highest BCUT2D eigenvalue weighted by Crippen LogP contribution is 2.42. The highest BCUT2D eigenvalue weighted by Gasteiger charge is 2.45. The number of fused-ring (bicyclic) bond motifs is 1. The Morgan fingerprint density at radius 3 is 2.54 bits per heavy atom. The zero-order valence-corrected chi connectivity index (χ0v) is 34.7. The first-order chi connectivity index (χ1) is 29.1. The second kappa shape index (κ2) is 17.4. The van der Waals surface area contributed by atoms with Crippen LogP contribution in [0.2, 0.25) is 5.02 Å². The van der Waals surface area contributed by atoms with Crippen molar-refractivity contribution in [2.45, 2.75) is 64.3 Å². The highest BCUT2D eigenvalue weighted by molar-refractivity contribution is 7.92. The van der Waals surface area contributed by atoms with Gasteiger partial charge in [0.25, 0.3) is 11.8 Å². The minimum Gasteiger partial charge on any atom is -0.503 e. The zero-order valence-electron chi connectivity index (χ0n) is 33.1. The fraction of sp³-hybridized carbons (Fsp3) is 0.293. The van der Waals surface area contributed by atoms with Gasteiger partial charge in [-0.15, -0.1) is 5.10 Å². The fourth-order valence-corrected chi connectivity index (χ4v) is 7.63. The number of carbonyl (C=O) groups is 4. The molecule has 5 aromatic rings. The lowest BCUT2D eigenvalue weighted by atomic mass is 9.78. The molecular formula is C41H39ClN10O8S. The largest absolute Gasteiger partial charge is 0.503 e. The van der Waals surface area contributed by atoms with E-state index in [1.807, 2.05) is 38.1 Å². The number of halogens is 1. The zero-order chi connectivity index (χ0) is 43.5. The number of piperidine rings is 1. The molecule has 7 rings (SSSR count). The molecule has 0 radical (unpaired) electrons. The number of ether oxygens (including phenoxy) is 2. The van der Waals surface area contributed by atoms with E-state index in [1.165, 1.54) is 12.3 Å². The van der Waals surface area contributed by atoms with Gasteiger partial charge in [0, 0.05) is 36.7 Å². The number of benzene rings is 3. The molecule has 0 aliphatic carbocycles. The van der Waals surface area contributed by atoms with Crippen LogP contribution in [0.4, 0.5) is 17.3 Å². The molecule has 314 valence electrons. The Kier molecular flexibility index (Phi) is 12.0. The summed E-state index contributed by atoms with van der Waals surface area (Å²) < 4.78 is 38.8. The Hall–Kier alpha value is -6.91. The van der Waals surface area contributed by atoms with Crippen LogP contribution >= 0.6 is 11.6 Å². The van der Waals surface area contributed by atoms with Gasteiger partial charge in [0.15, 0.2) is 0 Å². The summed E-state index contributed by atoms with van der Waals surface area (Å²) in [7, 11) is -3.52. The van der Waals surface area contributed by atoms with Crippen molar-refractivity contribution >= 4 is 62.6 Å². The number of nitrogens with one attached hydrogen (secondary N) is 3. The number of nitrogens with zero attached hydrogens (tertiary/aromatic N) is 7. The summed E-state index contributed by atoms with van der Waals surface area (Å²) in [5.74, 6) is -1.51. The lowest BCUT2D eigenvalue weighted by Crippen LogP contribution is -2.54. The number of hydrogen-bond acceptors (Lipinski definition) is 13. The molecule has 20 heteroatoms. The molecule has 61 heavy (non-hydrogen) atoms. The van der Waals surface area contributed by atoms with E-state index in [4.69, 9.17) is 27.6 Å². The SMILES string of the molecule is [C-]#[N+]c1cc(C(C)(C)c2ccc(OCc3ccnc(NS(C)(=O)=O)n3)cc2)cc(Cl)c1OCCCn1cc(CNc2cccc3c2C(=O)N(C2CCC(=O)NC2=O)C3=O)nn1. The van der Waals surface area contributed by atoms with Crippen molar-refractivity contribution in [3.05, 3.63) is 123 Å². The van der Waals surface area contributed by atoms with Crippen LogP contribution in [0.15, 0.2) is 73.1 Å². The molecule has 1 unspecified atom stereocenters. The van der Waals surface area contributed by atoms with Gasteiger partial charge >= 0.3 is 0 Å². The molecular weight excluding hydrogens is 828 g/mol. The summed E-state index contributed by atoms with van der Waals surface area (Å²) in [5, 5.41) is 14.0. The number of aromatic nitrogens is 5. The van der Waals surface area contributed by atoms with E-state index in [2.05, 4.69) is 40.5 Å². The van der Waals surface area contributed by atoms with Gasteiger partial charge in [-0.05, 0) is 60.0 Å². The maximum atomic E-state index is 13.4. The lowest BCUT2D eigenvalue weighted by Gasteiger charge is -2.27. The average Bonchev–Trinajstić information content (AvgIpc) is 3.78. The van der Waals surface area contributed by atoms with Gasteiger partial charge in [0.05, 0.1) is 54.0 Å². The van der Waals surface area contributed by atoms with Crippen molar-refractivity contribution < 1.29 is 37.1 Å². The summed E-state index contributed by atoms with van der Waals surface area (Å²) in [6, 6.07) is 16.4. The van der Waals surface area contributed by atoms with Crippen LogP contribution < -0.4 is 24.8 Å². The molecule has 2 aliphatic heterocycles. The molecule has 1 fully saturated rings. The van der Waals surface area contributed by atoms with Crippen LogP contribution in [-0.2, 0) is 44.7 Å². The molecule has 2 aromatic heterocycles. The van der Waals surface area contributed by atoms with Crippen molar-refractivity contribution in [1.82, 2.24) is 35.2 Å². The van der Waals surface area contributed by atoms with Crippen LogP contribution in [0.5, 0.6) is 11.5 Å². The summed E-state index contributed by atoms with van der Waals surface area (Å²) in [4.78, 5) is 63.4. The maximum absolute atomic E-state index is 13.4. The predicted molar refractivity (Wildman–Crippen MR) is 222 cm³/mol. The minimum atomic E-state index is -3.52. The smallest absolute Gasteiger partial charge is 0.264 e. The molecule has 3 N–H and O–H groups in total. The van der Waals surface area contributed by atoms with Gasteiger partial charge in [-0.25, -0.2) is 23.2 Å². The third kappa shape index (κ3) is 9.45. The first-order valence-corrected chi connectivity index (χ1v) is 21.2. The van der Waals surface area contributed by atoms with Crippen molar-refractivity contribution in [3.8, 4) is 11.5 Å².